The standard InChI is InChI=1S/C19H12O3/c20-14-10-16(11-4-2-1-3-5-11)22-18-13(14)8-6-12-7-9-15-19(21-15)17(12)18/h1-10,15,19H. The lowest BCUT2D eigenvalue weighted by molar-refractivity contribution is 0.394. The lowest BCUT2D eigenvalue weighted by atomic mass is 9.95. The van der Waals surface area contributed by atoms with Crippen LogP contribution in [-0.4, -0.2) is 6.10 Å². The van der Waals surface area contributed by atoms with Crippen LogP contribution in [0.4, 0.5) is 0 Å². The number of hydrogen-bond acceptors (Lipinski definition) is 3. The van der Waals surface area contributed by atoms with Crippen LogP contribution in [0.3, 0.4) is 0 Å². The van der Waals surface area contributed by atoms with E-state index in [1.165, 1.54) is 0 Å². The van der Waals surface area contributed by atoms with Crippen molar-refractivity contribution in [3.8, 4) is 11.3 Å². The summed E-state index contributed by atoms with van der Waals surface area (Å²) in [4.78, 5) is 12.5. The van der Waals surface area contributed by atoms with Crippen LogP contribution in [0.1, 0.15) is 17.2 Å². The molecule has 3 aromatic rings. The Kier molecular flexibility index (Phi) is 2.27. The molecule has 0 N–H and O–H groups in total. The second-order valence-corrected chi connectivity index (χ2v) is 5.67. The van der Waals surface area contributed by atoms with Crippen molar-refractivity contribution in [1.82, 2.24) is 0 Å². The van der Waals surface area contributed by atoms with Gasteiger partial charge in [0.2, 0.25) is 0 Å². The van der Waals surface area contributed by atoms with Gasteiger partial charge in [-0.3, -0.25) is 4.79 Å². The molecular formula is C19H12O3. The van der Waals surface area contributed by atoms with E-state index >= 15 is 0 Å². The Balaban J connectivity index is 1.85. The van der Waals surface area contributed by atoms with Gasteiger partial charge >= 0.3 is 0 Å². The van der Waals surface area contributed by atoms with Gasteiger partial charge in [0, 0.05) is 17.2 Å². The van der Waals surface area contributed by atoms with E-state index in [1.54, 1.807) is 6.07 Å². The summed E-state index contributed by atoms with van der Waals surface area (Å²) in [6.07, 6.45) is 4.25. The van der Waals surface area contributed by atoms with Gasteiger partial charge < -0.3 is 9.15 Å². The zero-order valence-corrected chi connectivity index (χ0v) is 11.7. The molecule has 5 rings (SSSR count). The van der Waals surface area contributed by atoms with E-state index in [2.05, 4.69) is 6.08 Å². The predicted octanol–water partition coefficient (Wildman–Crippen LogP) is 3.93. The molecule has 3 heteroatoms. The molecule has 3 nitrogen and oxygen atoms in total. The molecule has 2 atom stereocenters. The maximum Gasteiger partial charge on any atom is 0.193 e. The van der Waals surface area contributed by atoms with Crippen LogP contribution in [0.5, 0.6) is 0 Å². The molecule has 1 fully saturated rings. The number of ether oxygens (including phenoxy) is 1. The van der Waals surface area contributed by atoms with Crippen LogP contribution in [0.2, 0.25) is 0 Å². The van der Waals surface area contributed by atoms with Gasteiger partial charge in [-0.25, -0.2) is 0 Å². The highest BCUT2D eigenvalue weighted by Crippen LogP contribution is 2.47. The SMILES string of the molecule is O=c1cc(-c2ccccc2)oc2c3c(ccc12)C=CC1OC31. The third kappa shape index (κ3) is 1.63. The summed E-state index contributed by atoms with van der Waals surface area (Å²) in [5.74, 6) is 0.596. The van der Waals surface area contributed by atoms with Gasteiger partial charge in [0.25, 0.3) is 0 Å². The fourth-order valence-electron chi connectivity index (χ4n) is 3.14. The molecule has 0 bridgehead atoms. The molecule has 0 radical (unpaired) electrons. The van der Waals surface area contributed by atoms with Crippen LogP contribution in [0, 0.1) is 0 Å². The van der Waals surface area contributed by atoms with E-state index in [4.69, 9.17) is 9.15 Å². The number of benzene rings is 2. The van der Waals surface area contributed by atoms with Gasteiger partial charge in [-0.05, 0) is 11.6 Å². The lowest BCUT2D eigenvalue weighted by Crippen LogP contribution is -2.04. The number of hydrogen-bond donors (Lipinski definition) is 0. The first kappa shape index (κ1) is 12.0. The lowest BCUT2D eigenvalue weighted by Gasteiger charge is -2.11. The maximum atomic E-state index is 12.5. The normalized spacial score (nSPS) is 21.5. The Morgan fingerprint density at radius 3 is 2.73 bits per heavy atom. The van der Waals surface area contributed by atoms with Gasteiger partial charge in [-0.15, -0.1) is 0 Å². The Morgan fingerprint density at radius 2 is 1.86 bits per heavy atom. The van der Waals surface area contributed by atoms with Crippen LogP contribution in [0.15, 0.2) is 63.8 Å². The number of fused-ring (bicyclic) bond motifs is 5. The van der Waals surface area contributed by atoms with Crippen molar-refractivity contribution in [3.63, 3.8) is 0 Å². The summed E-state index contributed by atoms with van der Waals surface area (Å²) in [6, 6.07) is 15.1. The highest BCUT2D eigenvalue weighted by atomic mass is 16.6. The predicted molar refractivity (Wildman–Crippen MR) is 84.6 cm³/mol. The average Bonchev–Trinajstić information content (AvgIpc) is 3.34. The summed E-state index contributed by atoms with van der Waals surface area (Å²) >= 11 is 0. The summed E-state index contributed by atoms with van der Waals surface area (Å²) in [5.41, 5.74) is 3.61. The maximum absolute atomic E-state index is 12.5. The van der Waals surface area contributed by atoms with Gasteiger partial charge in [-0.2, -0.15) is 0 Å². The highest BCUT2D eigenvalue weighted by Gasteiger charge is 2.43. The molecule has 1 aliphatic carbocycles. The molecule has 0 amide bonds. The highest BCUT2D eigenvalue weighted by molar-refractivity contribution is 5.86. The van der Waals surface area contributed by atoms with Gasteiger partial charge in [-0.1, -0.05) is 48.6 Å². The van der Waals surface area contributed by atoms with Crippen molar-refractivity contribution in [2.45, 2.75) is 12.2 Å². The van der Waals surface area contributed by atoms with E-state index in [1.807, 2.05) is 48.5 Å². The Morgan fingerprint density at radius 1 is 1.00 bits per heavy atom. The van der Waals surface area contributed by atoms with Crippen molar-refractivity contribution in [2.75, 3.05) is 0 Å². The summed E-state index contributed by atoms with van der Waals surface area (Å²) in [7, 11) is 0. The van der Waals surface area contributed by atoms with E-state index in [0.717, 1.165) is 16.7 Å². The van der Waals surface area contributed by atoms with Gasteiger partial charge in [0.15, 0.2) is 5.43 Å². The third-order valence-corrected chi connectivity index (χ3v) is 4.30. The number of rotatable bonds is 1. The smallest absolute Gasteiger partial charge is 0.193 e. The third-order valence-electron chi connectivity index (χ3n) is 4.30. The molecule has 2 aromatic carbocycles. The molecule has 1 saturated heterocycles. The minimum Gasteiger partial charge on any atom is -0.455 e. The van der Waals surface area contributed by atoms with Gasteiger partial charge in [0.1, 0.15) is 23.6 Å². The Hall–Kier alpha value is -2.65. The van der Waals surface area contributed by atoms with Crippen molar-refractivity contribution >= 4 is 17.0 Å². The monoisotopic (exact) mass is 288 g/mol. The molecular weight excluding hydrogens is 276 g/mol. The first-order chi connectivity index (χ1) is 10.8. The minimum atomic E-state index is -0.0188. The molecule has 106 valence electrons. The minimum absolute atomic E-state index is 0.0188. The van der Waals surface area contributed by atoms with Crippen molar-refractivity contribution in [1.29, 1.82) is 0 Å². The molecule has 0 saturated carbocycles. The van der Waals surface area contributed by atoms with Crippen molar-refractivity contribution < 1.29 is 9.15 Å². The quantitative estimate of drug-likeness (QED) is 0.637. The van der Waals surface area contributed by atoms with E-state index in [-0.39, 0.29) is 17.6 Å². The van der Waals surface area contributed by atoms with E-state index in [0.29, 0.717) is 16.7 Å². The first-order valence-electron chi connectivity index (χ1n) is 7.31. The molecule has 22 heavy (non-hydrogen) atoms. The molecule has 1 aliphatic heterocycles. The molecule has 2 unspecified atom stereocenters. The molecule has 1 aromatic heterocycles. The molecule has 2 aliphatic rings. The molecule has 0 spiro atoms. The summed E-state index contributed by atoms with van der Waals surface area (Å²) < 4.78 is 11.8. The second-order valence-electron chi connectivity index (χ2n) is 5.67. The van der Waals surface area contributed by atoms with Crippen LogP contribution < -0.4 is 5.43 Å². The Labute approximate surface area is 126 Å². The van der Waals surface area contributed by atoms with Gasteiger partial charge in [0.05, 0.1) is 5.39 Å². The average molecular weight is 288 g/mol. The van der Waals surface area contributed by atoms with Crippen molar-refractivity contribution in [2.24, 2.45) is 0 Å². The van der Waals surface area contributed by atoms with Crippen LogP contribution in [-0.2, 0) is 4.74 Å². The zero-order valence-electron chi connectivity index (χ0n) is 11.7. The fourth-order valence-corrected chi connectivity index (χ4v) is 3.14. The molecule has 2 heterocycles. The topological polar surface area (TPSA) is 42.7 Å². The first-order valence-corrected chi connectivity index (χ1v) is 7.31. The van der Waals surface area contributed by atoms with Crippen LogP contribution >= 0.6 is 0 Å². The second kappa shape index (κ2) is 4.18. The van der Waals surface area contributed by atoms with E-state index in [9.17, 15) is 4.79 Å². The van der Waals surface area contributed by atoms with E-state index < -0.39 is 0 Å². The summed E-state index contributed by atoms with van der Waals surface area (Å²) in [5, 5.41) is 0.614. The number of epoxide rings is 1. The van der Waals surface area contributed by atoms with Crippen molar-refractivity contribution in [3.05, 3.63) is 76.0 Å². The Bertz CT molecular complexity index is 983. The fraction of sp³-hybridized carbons (Fsp3) is 0.105. The summed E-state index contributed by atoms with van der Waals surface area (Å²) in [6.45, 7) is 0. The largest absolute Gasteiger partial charge is 0.455 e. The zero-order chi connectivity index (χ0) is 14.7. The van der Waals surface area contributed by atoms with Crippen LogP contribution in [0.25, 0.3) is 28.4 Å².